The fourth-order valence-electron chi connectivity index (χ4n) is 1.07. The number of carbonyl (C=O) groups is 2. The number of benzene rings is 1. The monoisotopic (exact) mass is 240 g/mol. The summed E-state index contributed by atoms with van der Waals surface area (Å²) in [5.41, 5.74) is 1.16. The topological polar surface area (TPSA) is 90.2 Å². The van der Waals surface area contributed by atoms with Crippen molar-refractivity contribution in [3.05, 3.63) is 42.0 Å². The Balaban J connectivity index is 2.67. The molecule has 0 aliphatic rings. The van der Waals surface area contributed by atoms with Gasteiger partial charge in [-0.25, -0.2) is 4.79 Å². The molecular weight excluding hydrogens is 232 g/mol. The van der Waals surface area contributed by atoms with Crippen LogP contribution < -0.4 is 5.32 Å². The Kier molecular flexibility index (Phi) is 4.71. The number of aliphatic carboxylic acids is 1. The average Bonchev–Trinajstić information content (AvgIpc) is 2.35. The molecule has 1 aromatic carbocycles. The van der Waals surface area contributed by atoms with Gasteiger partial charge in [0.1, 0.15) is 0 Å². The molecule has 0 bridgehead atoms. The van der Waals surface area contributed by atoms with Crippen LogP contribution in [0, 0.1) is 23.2 Å². The number of carboxylic acid groups (broad SMARTS) is 1. The number of nitriles is 1. The van der Waals surface area contributed by atoms with Gasteiger partial charge in [0.15, 0.2) is 6.07 Å². The Morgan fingerprint density at radius 2 is 1.89 bits per heavy atom. The maximum Gasteiger partial charge on any atom is 0.328 e. The summed E-state index contributed by atoms with van der Waals surface area (Å²) in [6.45, 7) is 0. The standard InChI is InChI=1S/C13H8N2O3/c14-9-1-2-10-3-5-11(6-4-10)15-12(16)7-8-13(17)18/h3-8H,(H,15,16)(H,17,18)/b8-7-. The highest BCUT2D eigenvalue weighted by atomic mass is 16.4. The third-order valence-corrected chi connectivity index (χ3v) is 1.79. The Morgan fingerprint density at radius 1 is 1.22 bits per heavy atom. The zero-order chi connectivity index (χ0) is 13.4. The summed E-state index contributed by atoms with van der Waals surface area (Å²) in [6, 6.07) is 8.18. The number of carboxylic acids is 1. The van der Waals surface area contributed by atoms with Crippen LogP contribution in [0.1, 0.15) is 5.56 Å². The summed E-state index contributed by atoms with van der Waals surface area (Å²) in [4.78, 5) is 21.4. The molecule has 18 heavy (non-hydrogen) atoms. The molecule has 0 aromatic heterocycles. The molecule has 1 aromatic rings. The van der Waals surface area contributed by atoms with Crippen molar-refractivity contribution in [2.75, 3.05) is 5.32 Å². The molecule has 5 heteroatoms. The minimum atomic E-state index is -1.19. The maximum absolute atomic E-state index is 11.2. The van der Waals surface area contributed by atoms with Gasteiger partial charge in [-0.15, -0.1) is 0 Å². The van der Waals surface area contributed by atoms with Crippen LogP contribution in [0.5, 0.6) is 0 Å². The van der Waals surface area contributed by atoms with Gasteiger partial charge in [0.05, 0.1) is 0 Å². The number of hydrogen-bond acceptors (Lipinski definition) is 3. The fourth-order valence-corrected chi connectivity index (χ4v) is 1.07. The Labute approximate surface area is 103 Å². The maximum atomic E-state index is 11.2. The van der Waals surface area contributed by atoms with Crippen LogP contribution in [-0.4, -0.2) is 17.0 Å². The molecule has 0 fully saturated rings. The molecule has 0 atom stereocenters. The lowest BCUT2D eigenvalue weighted by atomic mass is 10.2. The van der Waals surface area contributed by atoms with Crippen LogP contribution in [0.2, 0.25) is 0 Å². The van der Waals surface area contributed by atoms with Crippen molar-refractivity contribution in [2.24, 2.45) is 0 Å². The molecule has 1 amide bonds. The number of nitrogens with one attached hydrogen (secondary N) is 1. The zero-order valence-corrected chi connectivity index (χ0v) is 9.18. The van der Waals surface area contributed by atoms with Crippen LogP contribution in [0.15, 0.2) is 36.4 Å². The number of amides is 1. The molecule has 0 spiro atoms. The largest absolute Gasteiger partial charge is 0.478 e. The van der Waals surface area contributed by atoms with E-state index >= 15 is 0 Å². The van der Waals surface area contributed by atoms with Crippen molar-refractivity contribution >= 4 is 17.6 Å². The first-order chi connectivity index (χ1) is 8.61. The predicted molar refractivity (Wildman–Crippen MR) is 64.3 cm³/mol. The van der Waals surface area contributed by atoms with Crippen molar-refractivity contribution in [2.45, 2.75) is 0 Å². The molecular formula is C13H8N2O3. The van der Waals surface area contributed by atoms with E-state index in [4.69, 9.17) is 10.4 Å². The summed E-state index contributed by atoms with van der Waals surface area (Å²) in [5, 5.41) is 19.1. The molecule has 0 aliphatic heterocycles. The highest BCUT2D eigenvalue weighted by molar-refractivity contribution is 6.02. The van der Waals surface area contributed by atoms with Gasteiger partial charge in [-0.1, -0.05) is 5.92 Å². The summed E-state index contributed by atoms with van der Waals surface area (Å²) in [7, 11) is 0. The lowest BCUT2D eigenvalue weighted by Gasteiger charge is -2.01. The zero-order valence-electron chi connectivity index (χ0n) is 9.18. The van der Waals surface area contributed by atoms with Crippen LogP contribution >= 0.6 is 0 Å². The van der Waals surface area contributed by atoms with Crippen LogP contribution in [0.3, 0.4) is 0 Å². The first-order valence-electron chi connectivity index (χ1n) is 4.84. The third-order valence-electron chi connectivity index (χ3n) is 1.79. The molecule has 0 radical (unpaired) electrons. The van der Waals surface area contributed by atoms with Crippen molar-refractivity contribution in [3.63, 3.8) is 0 Å². The highest BCUT2D eigenvalue weighted by Crippen LogP contribution is 2.08. The fraction of sp³-hybridized carbons (Fsp3) is 0. The molecule has 1 rings (SSSR count). The Hall–Kier alpha value is -3.05. The normalized spacial score (nSPS) is 9.06. The van der Waals surface area contributed by atoms with E-state index in [0.29, 0.717) is 11.3 Å². The number of hydrogen-bond donors (Lipinski definition) is 2. The molecule has 0 aliphatic carbocycles. The van der Waals surface area contributed by atoms with Gasteiger partial charge in [0.25, 0.3) is 0 Å². The smallest absolute Gasteiger partial charge is 0.328 e. The minimum Gasteiger partial charge on any atom is -0.478 e. The Morgan fingerprint density at radius 3 is 2.44 bits per heavy atom. The van der Waals surface area contributed by atoms with Gasteiger partial charge in [0, 0.05) is 29.3 Å². The molecule has 5 nitrogen and oxygen atoms in total. The van der Waals surface area contributed by atoms with E-state index in [1.54, 1.807) is 30.3 Å². The van der Waals surface area contributed by atoms with Crippen molar-refractivity contribution in [3.8, 4) is 17.9 Å². The summed E-state index contributed by atoms with van der Waals surface area (Å²) < 4.78 is 0. The molecule has 0 unspecified atom stereocenters. The van der Waals surface area contributed by atoms with E-state index in [-0.39, 0.29) is 0 Å². The van der Waals surface area contributed by atoms with Crippen LogP contribution in [-0.2, 0) is 9.59 Å². The van der Waals surface area contributed by atoms with Crippen LogP contribution in [0.25, 0.3) is 0 Å². The van der Waals surface area contributed by atoms with E-state index in [0.717, 1.165) is 12.2 Å². The number of rotatable bonds is 3. The SMILES string of the molecule is N#CC#Cc1ccc(NC(=O)/C=C\C(=O)O)cc1. The van der Waals surface area contributed by atoms with E-state index in [2.05, 4.69) is 17.2 Å². The van der Waals surface area contributed by atoms with Gasteiger partial charge in [0.2, 0.25) is 5.91 Å². The molecule has 0 saturated carbocycles. The molecule has 2 N–H and O–H groups in total. The van der Waals surface area contributed by atoms with Gasteiger partial charge in [-0.05, 0) is 24.3 Å². The van der Waals surface area contributed by atoms with Gasteiger partial charge < -0.3 is 10.4 Å². The predicted octanol–water partition coefficient (Wildman–Crippen LogP) is 1.14. The van der Waals surface area contributed by atoms with E-state index in [1.807, 2.05) is 0 Å². The molecule has 88 valence electrons. The third kappa shape index (κ3) is 4.65. The highest BCUT2D eigenvalue weighted by Gasteiger charge is 1.98. The lowest BCUT2D eigenvalue weighted by Crippen LogP contribution is -2.08. The number of nitrogens with zero attached hydrogens (tertiary/aromatic N) is 1. The van der Waals surface area contributed by atoms with Gasteiger partial charge in [-0.3, -0.25) is 4.79 Å². The summed E-state index contributed by atoms with van der Waals surface area (Å²) in [5.74, 6) is 3.13. The van der Waals surface area contributed by atoms with Crippen molar-refractivity contribution in [1.82, 2.24) is 0 Å². The first-order valence-corrected chi connectivity index (χ1v) is 4.84. The molecule has 0 saturated heterocycles. The van der Waals surface area contributed by atoms with Gasteiger partial charge in [-0.2, -0.15) is 5.26 Å². The lowest BCUT2D eigenvalue weighted by molar-refractivity contribution is -0.131. The molecule has 0 heterocycles. The number of carbonyl (C=O) groups excluding carboxylic acids is 1. The van der Waals surface area contributed by atoms with Crippen molar-refractivity contribution in [1.29, 1.82) is 5.26 Å². The minimum absolute atomic E-state index is 0.512. The van der Waals surface area contributed by atoms with E-state index in [1.165, 1.54) is 0 Å². The van der Waals surface area contributed by atoms with Crippen molar-refractivity contribution < 1.29 is 14.7 Å². The second kappa shape index (κ2) is 6.51. The Bertz CT molecular complexity index is 583. The average molecular weight is 240 g/mol. The van der Waals surface area contributed by atoms with Crippen LogP contribution in [0.4, 0.5) is 5.69 Å². The quantitative estimate of drug-likeness (QED) is 0.612. The number of anilines is 1. The summed E-state index contributed by atoms with van der Waals surface area (Å²) in [6.07, 6.45) is 1.67. The van der Waals surface area contributed by atoms with Gasteiger partial charge >= 0.3 is 5.97 Å². The van der Waals surface area contributed by atoms with E-state index < -0.39 is 11.9 Å². The first kappa shape index (κ1) is 13.0. The second-order valence-electron chi connectivity index (χ2n) is 3.10. The summed E-state index contributed by atoms with van der Waals surface area (Å²) >= 11 is 0. The van der Waals surface area contributed by atoms with E-state index in [9.17, 15) is 9.59 Å². The second-order valence-corrected chi connectivity index (χ2v) is 3.10.